The normalized spacial score (nSPS) is 13.1. The van der Waals surface area contributed by atoms with Crippen LogP contribution in [0.25, 0.3) is 0 Å². The van der Waals surface area contributed by atoms with E-state index in [9.17, 15) is 0 Å². The molecule has 0 fully saturated rings. The van der Waals surface area contributed by atoms with E-state index in [1.54, 1.807) is 4.90 Å². The Hall–Kier alpha value is -0.340. The van der Waals surface area contributed by atoms with E-state index in [1.165, 1.54) is 45.3 Å². The van der Waals surface area contributed by atoms with Crippen LogP contribution in [0, 0.1) is 5.92 Å². The summed E-state index contributed by atoms with van der Waals surface area (Å²) in [4.78, 5) is 1.79. The summed E-state index contributed by atoms with van der Waals surface area (Å²) in [5, 5.41) is 0. The van der Waals surface area contributed by atoms with Crippen molar-refractivity contribution in [3.05, 3.63) is 12.2 Å². The average molecular weight is 229 g/mol. The van der Waals surface area contributed by atoms with Crippen LogP contribution in [0.1, 0.15) is 53.4 Å². The Labute approximate surface area is 102 Å². The third-order valence-corrected chi connectivity index (χ3v) is 2.86. The molecule has 1 atom stereocenters. The molecule has 0 spiro atoms. The van der Waals surface area contributed by atoms with Crippen molar-refractivity contribution in [3.8, 4) is 0 Å². The molecule has 2 heteroatoms. The predicted molar refractivity (Wildman–Crippen MR) is 71.3 cm³/mol. The smallest absolute Gasteiger partial charge is 0.0776 e. The van der Waals surface area contributed by atoms with Crippen LogP contribution in [0.2, 0.25) is 0 Å². The van der Waals surface area contributed by atoms with Gasteiger partial charge in [-0.3, -0.25) is 0 Å². The zero-order valence-corrected chi connectivity index (χ0v) is 11.6. The van der Waals surface area contributed by atoms with Gasteiger partial charge in [-0.15, -0.1) is 0 Å². The van der Waals surface area contributed by atoms with Gasteiger partial charge in [0.1, 0.15) is 0 Å². The molecule has 1 unspecified atom stereocenters. The van der Waals surface area contributed by atoms with E-state index in [2.05, 4.69) is 39.8 Å². The molecule has 2 N–H and O–H groups in total. The molecule has 0 aliphatic carbocycles. The summed E-state index contributed by atoms with van der Waals surface area (Å²) >= 11 is 0. The van der Waals surface area contributed by atoms with E-state index < -0.39 is 0 Å². The van der Waals surface area contributed by atoms with Gasteiger partial charge in [0, 0.05) is 6.42 Å². The molecular formula is C14H31NO. The van der Waals surface area contributed by atoms with Gasteiger partial charge in [0.15, 0.2) is 0 Å². The van der Waals surface area contributed by atoms with Crippen molar-refractivity contribution >= 4 is 0 Å². The Morgan fingerprint density at radius 2 is 1.56 bits per heavy atom. The van der Waals surface area contributed by atoms with Crippen molar-refractivity contribution in [1.82, 2.24) is 0 Å². The lowest BCUT2D eigenvalue weighted by atomic mass is 10.1. The topological polar surface area (TPSA) is 34.4 Å². The molecule has 0 saturated carbocycles. The molecule has 0 heterocycles. The lowest BCUT2D eigenvalue weighted by molar-refractivity contribution is -0.900. The van der Waals surface area contributed by atoms with Crippen molar-refractivity contribution in [3.63, 3.8) is 0 Å². The van der Waals surface area contributed by atoms with Crippen molar-refractivity contribution in [2.24, 2.45) is 5.92 Å². The minimum atomic E-state index is 0. The summed E-state index contributed by atoms with van der Waals surface area (Å²) in [6.07, 6.45) is 9.80. The maximum absolute atomic E-state index is 2.37. The summed E-state index contributed by atoms with van der Waals surface area (Å²) in [6.45, 7) is 13.1. The fourth-order valence-electron chi connectivity index (χ4n) is 1.98. The monoisotopic (exact) mass is 229 g/mol. The highest BCUT2D eigenvalue weighted by atomic mass is 16.0. The minimum absolute atomic E-state index is 0. The van der Waals surface area contributed by atoms with Crippen LogP contribution in [-0.4, -0.2) is 25.1 Å². The van der Waals surface area contributed by atoms with Crippen LogP contribution in [0.5, 0.6) is 0 Å². The Kier molecular flexibility index (Phi) is 14.3. The van der Waals surface area contributed by atoms with Crippen molar-refractivity contribution in [2.45, 2.75) is 53.4 Å². The van der Waals surface area contributed by atoms with Gasteiger partial charge in [-0.2, -0.15) is 0 Å². The summed E-state index contributed by atoms with van der Waals surface area (Å²) < 4.78 is 0. The predicted octanol–water partition coefficient (Wildman–Crippen LogP) is 2.51. The molecule has 0 bridgehead atoms. The molecule has 0 amide bonds. The highest BCUT2D eigenvalue weighted by molar-refractivity contribution is 4.84. The van der Waals surface area contributed by atoms with Gasteiger partial charge < -0.3 is 10.4 Å². The second-order valence-electron chi connectivity index (χ2n) is 4.60. The molecule has 0 aromatic heterocycles. The number of nitrogens with one attached hydrogen (secondary N) is 1. The largest absolute Gasteiger partial charge is 0.870 e. The quantitative estimate of drug-likeness (QED) is 0.606. The molecule has 0 aliphatic heterocycles. The Morgan fingerprint density at radius 3 is 2.00 bits per heavy atom. The van der Waals surface area contributed by atoms with E-state index in [1.807, 2.05) is 0 Å². The third-order valence-electron chi connectivity index (χ3n) is 2.86. The molecule has 0 aromatic carbocycles. The van der Waals surface area contributed by atoms with Gasteiger partial charge >= 0.3 is 0 Å². The molecule has 0 aliphatic rings. The summed E-state index contributed by atoms with van der Waals surface area (Å²) in [7, 11) is 0. The lowest BCUT2D eigenvalue weighted by Gasteiger charge is -2.19. The van der Waals surface area contributed by atoms with Crippen LogP contribution in [0.4, 0.5) is 0 Å². The van der Waals surface area contributed by atoms with E-state index in [4.69, 9.17) is 0 Å². The molecular weight excluding hydrogens is 198 g/mol. The van der Waals surface area contributed by atoms with Crippen LogP contribution < -0.4 is 4.90 Å². The number of hydrogen-bond acceptors (Lipinski definition) is 1. The fraction of sp³-hybridized carbons (Fsp3) is 0.857. The Morgan fingerprint density at radius 1 is 1.00 bits per heavy atom. The van der Waals surface area contributed by atoms with Gasteiger partial charge in [-0.05, 0) is 25.2 Å². The van der Waals surface area contributed by atoms with Crippen LogP contribution in [0.15, 0.2) is 12.2 Å². The molecule has 16 heavy (non-hydrogen) atoms. The summed E-state index contributed by atoms with van der Waals surface area (Å²) in [6, 6.07) is 0. The zero-order chi connectivity index (χ0) is 11.5. The van der Waals surface area contributed by atoms with Crippen molar-refractivity contribution in [1.29, 1.82) is 0 Å². The number of rotatable bonds is 9. The van der Waals surface area contributed by atoms with E-state index in [0.717, 1.165) is 5.92 Å². The van der Waals surface area contributed by atoms with Gasteiger partial charge in [0.05, 0.1) is 19.6 Å². The van der Waals surface area contributed by atoms with E-state index in [0.29, 0.717) is 0 Å². The second kappa shape index (κ2) is 12.7. The molecule has 0 rings (SSSR count). The molecule has 0 saturated heterocycles. The minimum Gasteiger partial charge on any atom is -0.870 e. The second-order valence-corrected chi connectivity index (χ2v) is 4.60. The first-order chi connectivity index (χ1) is 7.24. The molecule has 0 radical (unpaired) electrons. The maximum atomic E-state index is 2.37. The number of allylic oxidation sites excluding steroid dienone is 2. The zero-order valence-electron chi connectivity index (χ0n) is 11.6. The van der Waals surface area contributed by atoms with E-state index in [-0.39, 0.29) is 5.48 Å². The van der Waals surface area contributed by atoms with Crippen molar-refractivity contribution < 1.29 is 10.4 Å². The van der Waals surface area contributed by atoms with Crippen LogP contribution >= 0.6 is 0 Å². The van der Waals surface area contributed by atoms with Gasteiger partial charge in [0.25, 0.3) is 0 Å². The van der Waals surface area contributed by atoms with Gasteiger partial charge in [-0.25, -0.2) is 0 Å². The first-order valence-electron chi connectivity index (χ1n) is 6.74. The van der Waals surface area contributed by atoms with Crippen LogP contribution in [-0.2, 0) is 0 Å². The van der Waals surface area contributed by atoms with Crippen molar-refractivity contribution in [2.75, 3.05) is 19.6 Å². The van der Waals surface area contributed by atoms with E-state index >= 15 is 0 Å². The number of hydrogen-bond donors (Lipinski definition) is 1. The average Bonchev–Trinajstić information content (AvgIpc) is 2.23. The number of quaternary nitrogens is 1. The lowest BCUT2D eigenvalue weighted by Crippen LogP contribution is -3.12. The van der Waals surface area contributed by atoms with Crippen LogP contribution in [0.3, 0.4) is 0 Å². The third kappa shape index (κ3) is 10.2. The maximum Gasteiger partial charge on any atom is 0.0776 e. The fourth-order valence-corrected chi connectivity index (χ4v) is 1.98. The highest BCUT2D eigenvalue weighted by Crippen LogP contribution is 2.01. The first-order valence-corrected chi connectivity index (χ1v) is 6.74. The van der Waals surface area contributed by atoms with Gasteiger partial charge in [-0.1, -0.05) is 39.8 Å². The van der Waals surface area contributed by atoms with Gasteiger partial charge in [0.2, 0.25) is 0 Å². The summed E-state index contributed by atoms with van der Waals surface area (Å²) in [5.74, 6) is 0.758. The Bertz CT molecular complexity index is 151. The Balaban J connectivity index is 0. The standard InChI is InChI=1S/C14H29N.H2O/c1-5-8-9-14(4)10-13-15(11-6-2)12-7-3;/h8-9,14H,5-7,10-13H2,1-4H3;1H2. The molecule has 0 aromatic rings. The summed E-state index contributed by atoms with van der Waals surface area (Å²) in [5.41, 5.74) is 0. The first kappa shape index (κ1) is 18.0. The highest BCUT2D eigenvalue weighted by Gasteiger charge is 2.07. The molecule has 98 valence electrons. The SMILES string of the molecule is CCC=CC(C)CC[NH+](CCC)CCC.[OH-]. The molecule has 2 nitrogen and oxygen atoms in total.